The highest BCUT2D eigenvalue weighted by molar-refractivity contribution is 7.47. The molecule has 8 atom stereocenters. The minimum atomic E-state index is -5.13. The van der Waals surface area contributed by atoms with Crippen molar-refractivity contribution in [2.45, 2.75) is 338 Å². The van der Waals surface area contributed by atoms with Crippen LogP contribution in [0.2, 0.25) is 0 Å². The van der Waals surface area contributed by atoms with E-state index in [1.165, 1.54) is 173 Å². The molecule has 0 aliphatic heterocycles. The lowest BCUT2D eigenvalue weighted by Gasteiger charge is -2.41. The van der Waals surface area contributed by atoms with Crippen LogP contribution in [-0.4, -0.2) is 108 Å². The van der Waals surface area contributed by atoms with Crippen molar-refractivity contribution < 1.29 is 59.0 Å². The molecule has 1 amide bonds. The fraction of sp³-hybridized carbons (Fsp3) is 0.947. The fourth-order valence-corrected chi connectivity index (χ4v) is 10.8. The highest BCUT2D eigenvalue weighted by Gasteiger charge is 2.51. The Labute approximate surface area is 433 Å². The van der Waals surface area contributed by atoms with E-state index in [-0.39, 0.29) is 12.8 Å². The second kappa shape index (κ2) is 46.4. The van der Waals surface area contributed by atoms with Crippen molar-refractivity contribution >= 4 is 13.7 Å². The highest BCUT2D eigenvalue weighted by Crippen LogP contribution is 2.47. The number of unbranched alkanes of at least 4 members (excludes halogenated alkanes) is 36. The van der Waals surface area contributed by atoms with Gasteiger partial charge in [-0.25, -0.2) is 4.57 Å². The van der Waals surface area contributed by atoms with Gasteiger partial charge in [0.15, 0.2) is 0 Å². The fourth-order valence-electron chi connectivity index (χ4n) is 9.83. The van der Waals surface area contributed by atoms with Crippen LogP contribution in [0.3, 0.4) is 0 Å². The third-order valence-electron chi connectivity index (χ3n) is 14.6. The van der Waals surface area contributed by atoms with Gasteiger partial charge in [-0.1, -0.05) is 251 Å². The monoisotopic (exact) mass is 1030 g/mol. The van der Waals surface area contributed by atoms with Crippen molar-refractivity contribution in [3.63, 3.8) is 0 Å². The van der Waals surface area contributed by atoms with Crippen LogP contribution in [0.15, 0.2) is 12.2 Å². The number of rotatable bonds is 51. The molecular formula is C57H112NO12P. The minimum absolute atomic E-state index is 0.224. The van der Waals surface area contributed by atoms with Crippen LogP contribution in [0.1, 0.15) is 284 Å². The Balaban J connectivity index is 2.38. The maximum atomic E-state index is 13.1. The van der Waals surface area contributed by atoms with Crippen LogP contribution in [-0.2, 0) is 18.4 Å². The summed E-state index contributed by atoms with van der Waals surface area (Å²) >= 11 is 0. The Hall–Kier alpha value is -0.960. The first-order chi connectivity index (χ1) is 34.3. The number of nitrogens with one attached hydrogen (secondary N) is 1. The minimum Gasteiger partial charge on any atom is -0.393 e. The molecule has 0 saturated heterocycles. The summed E-state index contributed by atoms with van der Waals surface area (Å²) in [7, 11) is -5.13. The molecule has 0 bridgehead atoms. The number of allylic oxidation sites excluding steroid dienone is 2. The van der Waals surface area contributed by atoms with Gasteiger partial charge in [-0.05, 0) is 38.5 Å². The number of phosphoric ester groups is 1. The summed E-state index contributed by atoms with van der Waals surface area (Å²) in [5.41, 5.74) is 0. The van der Waals surface area contributed by atoms with Crippen LogP contribution in [0, 0.1) is 0 Å². The summed E-state index contributed by atoms with van der Waals surface area (Å²) in [6.45, 7) is 3.85. The molecule has 0 radical (unpaired) electrons. The maximum Gasteiger partial charge on any atom is 0.472 e. The second-order valence-corrected chi connectivity index (χ2v) is 22.8. The van der Waals surface area contributed by atoms with E-state index in [0.29, 0.717) is 12.8 Å². The van der Waals surface area contributed by atoms with Gasteiger partial charge in [-0.2, -0.15) is 0 Å². The molecule has 71 heavy (non-hydrogen) atoms. The molecule has 1 aliphatic rings. The average Bonchev–Trinajstić information content (AvgIpc) is 3.35. The summed E-state index contributed by atoms with van der Waals surface area (Å²) in [4.78, 5) is 23.6. The van der Waals surface area contributed by atoms with Crippen molar-refractivity contribution in [1.82, 2.24) is 5.32 Å². The van der Waals surface area contributed by atoms with Crippen LogP contribution in [0.5, 0.6) is 0 Å². The molecular weight excluding hydrogens is 922 g/mol. The largest absolute Gasteiger partial charge is 0.472 e. The van der Waals surface area contributed by atoms with Gasteiger partial charge in [-0.15, -0.1) is 0 Å². The molecule has 422 valence electrons. The van der Waals surface area contributed by atoms with Crippen LogP contribution >= 0.6 is 7.82 Å². The normalized spacial score (nSPS) is 21.7. The SMILES string of the molecule is CCCCCCCCCCCCC/C=C\CCCCCCCC(O)CC(=O)NC(COP(=O)(O)OC1C(O)C(O)C(O)C(O)C1O)C(O)CCCCCCCCCCCCCCCCCCCCCCC. The summed E-state index contributed by atoms with van der Waals surface area (Å²) < 4.78 is 23.1. The lowest BCUT2D eigenvalue weighted by atomic mass is 9.85. The van der Waals surface area contributed by atoms with Gasteiger partial charge in [0.25, 0.3) is 0 Å². The molecule has 0 aromatic heterocycles. The number of phosphoric acid groups is 1. The van der Waals surface area contributed by atoms with E-state index < -0.39 is 75.2 Å². The third kappa shape index (κ3) is 37.4. The first kappa shape index (κ1) is 68.1. The molecule has 13 nitrogen and oxygen atoms in total. The van der Waals surface area contributed by atoms with Crippen molar-refractivity contribution in [3.05, 3.63) is 12.2 Å². The molecule has 1 aliphatic carbocycles. The van der Waals surface area contributed by atoms with Gasteiger partial charge in [0.05, 0.1) is 31.3 Å². The Kier molecular flexibility index (Phi) is 44.4. The van der Waals surface area contributed by atoms with Gasteiger partial charge < -0.3 is 46.0 Å². The van der Waals surface area contributed by atoms with Crippen molar-refractivity contribution in [1.29, 1.82) is 0 Å². The number of amides is 1. The first-order valence-electron chi connectivity index (χ1n) is 29.7. The zero-order valence-electron chi connectivity index (χ0n) is 45.4. The Morgan fingerprint density at radius 3 is 1.15 bits per heavy atom. The van der Waals surface area contributed by atoms with E-state index in [1.807, 2.05) is 0 Å². The van der Waals surface area contributed by atoms with Crippen molar-refractivity contribution in [2.75, 3.05) is 6.61 Å². The number of aliphatic hydroxyl groups excluding tert-OH is 7. The first-order valence-corrected chi connectivity index (χ1v) is 31.2. The van der Waals surface area contributed by atoms with Gasteiger partial charge in [0.1, 0.15) is 36.6 Å². The molecule has 1 saturated carbocycles. The van der Waals surface area contributed by atoms with Crippen molar-refractivity contribution in [2.24, 2.45) is 0 Å². The standard InChI is InChI=1S/C57H112NO12P/c1-3-5-7-9-11-13-15-17-19-21-23-25-27-29-31-33-35-37-39-41-43-45-50(60)49(47-69-71(67,68)70-57-55(65)53(63)52(62)54(64)56(57)66)58-51(61)46-48(59)44-42-40-38-36-34-32-30-28-26-24-22-20-18-16-14-12-10-8-6-4-2/h28,30,48-50,52-57,59-60,62-66H,3-27,29,31-47H2,1-2H3,(H,58,61)(H,67,68)/b30-28-. The Morgan fingerprint density at radius 1 is 0.479 bits per heavy atom. The molecule has 1 fully saturated rings. The number of hydrogen-bond acceptors (Lipinski definition) is 11. The quantitative estimate of drug-likeness (QED) is 0.0158. The topological polar surface area (TPSA) is 226 Å². The van der Waals surface area contributed by atoms with E-state index in [9.17, 15) is 50.0 Å². The summed E-state index contributed by atoms with van der Waals surface area (Å²) in [5, 5.41) is 75.1. The molecule has 0 aromatic carbocycles. The van der Waals surface area contributed by atoms with Crippen LogP contribution in [0.4, 0.5) is 0 Å². The molecule has 0 spiro atoms. The smallest absolute Gasteiger partial charge is 0.393 e. The van der Waals surface area contributed by atoms with E-state index >= 15 is 0 Å². The maximum absolute atomic E-state index is 13.1. The molecule has 1 rings (SSSR count). The van der Waals surface area contributed by atoms with E-state index in [0.717, 1.165) is 70.6 Å². The van der Waals surface area contributed by atoms with E-state index in [4.69, 9.17) is 9.05 Å². The Morgan fingerprint density at radius 2 is 0.789 bits per heavy atom. The van der Waals surface area contributed by atoms with Gasteiger partial charge in [0.2, 0.25) is 5.91 Å². The zero-order chi connectivity index (χ0) is 52.2. The van der Waals surface area contributed by atoms with E-state index in [2.05, 4.69) is 31.3 Å². The van der Waals surface area contributed by atoms with Crippen LogP contribution in [0.25, 0.3) is 0 Å². The summed E-state index contributed by atoms with van der Waals surface area (Å²) in [5.74, 6) is -0.559. The predicted octanol–water partition coefficient (Wildman–Crippen LogP) is 12.5. The third-order valence-corrected chi connectivity index (χ3v) is 15.6. The predicted molar refractivity (Wildman–Crippen MR) is 289 cm³/mol. The molecule has 8 unspecified atom stereocenters. The highest BCUT2D eigenvalue weighted by atomic mass is 31.2. The summed E-state index contributed by atoms with van der Waals surface area (Å²) in [6.07, 6.45) is 39.6. The lowest BCUT2D eigenvalue weighted by Crippen LogP contribution is -2.64. The number of aliphatic hydroxyl groups is 7. The summed E-state index contributed by atoms with van der Waals surface area (Å²) in [6, 6.07) is -1.16. The molecule has 9 N–H and O–H groups in total. The van der Waals surface area contributed by atoms with E-state index in [1.54, 1.807) is 0 Å². The molecule has 14 heteroatoms. The number of carbonyl (C=O) groups is 1. The molecule has 0 aromatic rings. The van der Waals surface area contributed by atoms with Crippen LogP contribution < -0.4 is 5.32 Å². The van der Waals surface area contributed by atoms with Gasteiger partial charge >= 0.3 is 7.82 Å². The van der Waals surface area contributed by atoms with Gasteiger partial charge in [-0.3, -0.25) is 13.8 Å². The zero-order valence-corrected chi connectivity index (χ0v) is 46.3. The average molecular weight is 1030 g/mol. The van der Waals surface area contributed by atoms with Gasteiger partial charge in [0, 0.05) is 0 Å². The second-order valence-electron chi connectivity index (χ2n) is 21.4. The number of carbonyl (C=O) groups excluding carboxylic acids is 1. The lowest BCUT2D eigenvalue weighted by molar-refractivity contribution is -0.220. The molecule has 0 heterocycles. The number of hydrogen-bond donors (Lipinski definition) is 9. The Bertz CT molecular complexity index is 1260. The van der Waals surface area contributed by atoms with Crippen molar-refractivity contribution in [3.8, 4) is 0 Å².